The van der Waals surface area contributed by atoms with Crippen LogP contribution in [-0.2, 0) is 11.2 Å². The van der Waals surface area contributed by atoms with Gasteiger partial charge in [0, 0.05) is 22.8 Å². The first kappa shape index (κ1) is 17.3. The summed E-state index contributed by atoms with van der Waals surface area (Å²) in [5.74, 6) is -1.83. The molecular formula is C19H17O5-. The summed E-state index contributed by atoms with van der Waals surface area (Å²) in [6.07, 6.45) is 1.29. The van der Waals surface area contributed by atoms with E-state index in [0.717, 1.165) is 6.08 Å². The van der Waals surface area contributed by atoms with Crippen LogP contribution in [0.3, 0.4) is 0 Å². The first-order valence-electron chi connectivity index (χ1n) is 7.41. The molecule has 0 spiro atoms. The van der Waals surface area contributed by atoms with Gasteiger partial charge in [-0.25, -0.2) is 4.79 Å². The summed E-state index contributed by atoms with van der Waals surface area (Å²) < 4.78 is 5.15. The fourth-order valence-corrected chi connectivity index (χ4v) is 2.57. The third kappa shape index (κ3) is 3.46. The Morgan fingerprint density at radius 2 is 1.83 bits per heavy atom. The van der Waals surface area contributed by atoms with Gasteiger partial charge in [-0.1, -0.05) is 55.1 Å². The monoisotopic (exact) mass is 325 g/mol. The van der Waals surface area contributed by atoms with Crippen LogP contribution in [0.2, 0.25) is 0 Å². The molecule has 0 atom stereocenters. The average Bonchev–Trinajstić information content (AvgIpc) is 2.59. The SMILES string of the molecule is CCc1c(C(=CC(=O)O)C(=O)c2ccccc2)ccc([O-])c1OC. The van der Waals surface area contributed by atoms with Crippen LogP contribution >= 0.6 is 0 Å². The van der Waals surface area contributed by atoms with Gasteiger partial charge >= 0.3 is 5.97 Å². The lowest BCUT2D eigenvalue weighted by Gasteiger charge is -2.20. The van der Waals surface area contributed by atoms with Crippen molar-refractivity contribution in [1.82, 2.24) is 0 Å². The van der Waals surface area contributed by atoms with Crippen molar-refractivity contribution in [3.63, 3.8) is 0 Å². The maximum absolute atomic E-state index is 12.8. The Bertz CT molecular complexity index is 791. The van der Waals surface area contributed by atoms with Gasteiger partial charge in [-0.15, -0.1) is 0 Å². The molecule has 124 valence electrons. The van der Waals surface area contributed by atoms with Crippen LogP contribution in [0.1, 0.15) is 28.4 Å². The van der Waals surface area contributed by atoms with Crippen molar-refractivity contribution in [1.29, 1.82) is 0 Å². The van der Waals surface area contributed by atoms with Crippen LogP contribution in [-0.4, -0.2) is 24.0 Å². The number of carbonyl (C=O) groups is 2. The largest absolute Gasteiger partial charge is 0.870 e. The van der Waals surface area contributed by atoms with Crippen LogP contribution in [0.5, 0.6) is 11.5 Å². The summed E-state index contributed by atoms with van der Waals surface area (Å²) in [5, 5.41) is 21.1. The summed E-state index contributed by atoms with van der Waals surface area (Å²) in [4.78, 5) is 24.0. The molecule has 0 aromatic heterocycles. The van der Waals surface area contributed by atoms with Gasteiger partial charge in [0.05, 0.1) is 7.11 Å². The van der Waals surface area contributed by atoms with E-state index in [-0.39, 0.29) is 17.1 Å². The predicted molar refractivity (Wildman–Crippen MR) is 88.2 cm³/mol. The molecule has 24 heavy (non-hydrogen) atoms. The lowest BCUT2D eigenvalue weighted by Crippen LogP contribution is -2.09. The van der Waals surface area contributed by atoms with Crippen molar-refractivity contribution in [2.24, 2.45) is 0 Å². The number of ketones is 1. The van der Waals surface area contributed by atoms with Gasteiger partial charge in [0.15, 0.2) is 5.78 Å². The van der Waals surface area contributed by atoms with E-state index in [1.165, 1.54) is 19.2 Å². The molecule has 0 amide bonds. The zero-order chi connectivity index (χ0) is 17.7. The van der Waals surface area contributed by atoms with E-state index in [2.05, 4.69) is 0 Å². The van der Waals surface area contributed by atoms with Crippen molar-refractivity contribution in [3.05, 3.63) is 65.2 Å². The lowest BCUT2D eigenvalue weighted by atomic mass is 9.91. The maximum Gasteiger partial charge on any atom is 0.329 e. The van der Waals surface area contributed by atoms with Crippen molar-refractivity contribution in [3.8, 4) is 11.5 Å². The van der Waals surface area contributed by atoms with Gasteiger partial charge in [0.1, 0.15) is 5.75 Å². The summed E-state index contributed by atoms with van der Waals surface area (Å²) in [6.45, 7) is 1.81. The highest BCUT2D eigenvalue weighted by molar-refractivity contribution is 6.31. The van der Waals surface area contributed by atoms with E-state index in [4.69, 9.17) is 9.84 Å². The molecule has 1 N–H and O–H groups in total. The molecular weight excluding hydrogens is 308 g/mol. The number of carboxylic acid groups (broad SMARTS) is 1. The number of hydrogen-bond donors (Lipinski definition) is 1. The Morgan fingerprint density at radius 1 is 1.17 bits per heavy atom. The van der Waals surface area contributed by atoms with Gasteiger partial charge < -0.3 is 14.9 Å². The van der Waals surface area contributed by atoms with Gasteiger partial charge in [-0.2, -0.15) is 0 Å². The second-order valence-corrected chi connectivity index (χ2v) is 5.07. The fraction of sp³-hybridized carbons (Fsp3) is 0.158. The van der Waals surface area contributed by atoms with Gasteiger partial charge in [-0.3, -0.25) is 4.79 Å². The number of hydrogen-bond acceptors (Lipinski definition) is 4. The van der Waals surface area contributed by atoms with Crippen LogP contribution in [0.25, 0.3) is 5.57 Å². The Labute approximate surface area is 139 Å². The number of Topliss-reactive ketones (excluding diaryl/α,β-unsaturated/α-hetero) is 1. The number of carboxylic acids is 1. The van der Waals surface area contributed by atoms with E-state index in [9.17, 15) is 14.7 Å². The minimum Gasteiger partial charge on any atom is -0.870 e. The summed E-state index contributed by atoms with van der Waals surface area (Å²) >= 11 is 0. The molecule has 2 rings (SSSR count). The van der Waals surface area contributed by atoms with Crippen molar-refractivity contribution in [2.45, 2.75) is 13.3 Å². The number of rotatable bonds is 6. The maximum atomic E-state index is 12.8. The molecule has 0 unspecified atom stereocenters. The Hall–Kier alpha value is -3.08. The van der Waals surface area contributed by atoms with Gasteiger partial charge in [-0.05, 0) is 12.0 Å². The van der Waals surface area contributed by atoms with Crippen LogP contribution < -0.4 is 9.84 Å². The summed E-state index contributed by atoms with van der Waals surface area (Å²) in [5.41, 5.74) is 1.30. The Balaban J connectivity index is 2.67. The first-order valence-corrected chi connectivity index (χ1v) is 7.41. The quantitative estimate of drug-likeness (QED) is 0.652. The molecule has 0 radical (unpaired) electrons. The summed E-state index contributed by atoms with van der Waals surface area (Å²) in [7, 11) is 1.37. The topological polar surface area (TPSA) is 86.7 Å². The molecule has 2 aromatic carbocycles. The second kappa shape index (κ2) is 7.46. The van der Waals surface area contributed by atoms with E-state index < -0.39 is 11.8 Å². The molecule has 0 aliphatic carbocycles. The first-order chi connectivity index (χ1) is 11.5. The number of aliphatic carboxylic acids is 1. The van der Waals surface area contributed by atoms with Crippen molar-refractivity contribution in [2.75, 3.05) is 7.11 Å². The predicted octanol–water partition coefficient (Wildman–Crippen LogP) is 2.68. The highest BCUT2D eigenvalue weighted by Crippen LogP contribution is 2.35. The number of ether oxygens (including phenoxy) is 1. The van der Waals surface area contributed by atoms with E-state index in [0.29, 0.717) is 23.1 Å². The number of methoxy groups -OCH3 is 1. The summed E-state index contributed by atoms with van der Waals surface area (Å²) in [6, 6.07) is 11.2. The molecule has 5 nitrogen and oxygen atoms in total. The van der Waals surface area contributed by atoms with E-state index >= 15 is 0 Å². The zero-order valence-corrected chi connectivity index (χ0v) is 13.4. The van der Waals surface area contributed by atoms with Gasteiger partial charge in [0.25, 0.3) is 0 Å². The molecule has 5 heteroatoms. The molecule has 0 saturated heterocycles. The van der Waals surface area contributed by atoms with Crippen LogP contribution in [0.4, 0.5) is 0 Å². The van der Waals surface area contributed by atoms with Crippen molar-refractivity contribution < 1.29 is 24.5 Å². The molecule has 0 heterocycles. The standard InChI is InChI=1S/C19H18O5/c1-3-13-14(9-10-16(20)19(13)24-2)15(11-17(21)22)18(23)12-7-5-4-6-8-12/h4-11,20H,3H2,1-2H3,(H,21,22)/p-1. The third-order valence-electron chi connectivity index (χ3n) is 3.62. The smallest absolute Gasteiger partial charge is 0.329 e. The Morgan fingerprint density at radius 3 is 2.38 bits per heavy atom. The number of benzene rings is 2. The Kier molecular flexibility index (Phi) is 5.37. The third-order valence-corrected chi connectivity index (χ3v) is 3.62. The number of carbonyl (C=O) groups excluding carboxylic acids is 1. The highest BCUT2D eigenvalue weighted by Gasteiger charge is 2.20. The molecule has 0 bridgehead atoms. The number of allylic oxidation sites excluding steroid dienone is 1. The fourth-order valence-electron chi connectivity index (χ4n) is 2.57. The minimum atomic E-state index is -1.23. The highest BCUT2D eigenvalue weighted by atomic mass is 16.5. The van der Waals surface area contributed by atoms with Crippen LogP contribution in [0.15, 0.2) is 48.5 Å². The molecule has 0 aliphatic heterocycles. The van der Waals surface area contributed by atoms with E-state index in [1.54, 1.807) is 30.3 Å². The zero-order valence-electron chi connectivity index (χ0n) is 13.4. The lowest BCUT2D eigenvalue weighted by molar-refractivity contribution is -0.270. The van der Waals surface area contributed by atoms with E-state index in [1.807, 2.05) is 6.92 Å². The molecule has 0 aliphatic rings. The second-order valence-electron chi connectivity index (χ2n) is 5.07. The van der Waals surface area contributed by atoms with Gasteiger partial charge in [0.2, 0.25) is 0 Å². The molecule has 0 saturated carbocycles. The minimum absolute atomic E-state index is 0.0175. The van der Waals surface area contributed by atoms with Crippen molar-refractivity contribution >= 4 is 17.3 Å². The normalized spacial score (nSPS) is 11.2. The molecule has 0 fully saturated rings. The average molecular weight is 325 g/mol. The molecule has 2 aromatic rings. The van der Waals surface area contributed by atoms with Crippen LogP contribution in [0, 0.1) is 0 Å².